The Kier molecular flexibility index (Phi) is 5.86. The molecule has 2 saturated heterocycles. The third-order valence-electron chi connectivity index (χ3n) is 5.73. The van der Waals surface area contributed by atoms with Crippen LogP contribution in [0.1, 0.15) is 37.8 Å². The first kappa shape index (κ1) is 19.8. The van der Waals surface area contributed by atoms with Crippen LogP contribution in [0.25, 0.3) is 0 Å². The molecule has 148 valence electrons. The Balaban J connectivity index is 1.60. The minimum atomic E-state index is -3.30. The van der Waals surface area contributed by atoms with Gasteiger partial charge in [0, 0.05) is 26.1 Å². The fourth-order valence-corrected chi connectivity index (χ4v) is 5.16. The van der Waals surface area contributed by atoms with Gasteiger partial charge in [0.1, 0.15) is 0 Å². The molecule has 8 heteroatoms. The number of likely N-dealkylation sites (tertiary alicyclic amines) is 2. The lowest BCUT2D eigenvalue weighted by Gasteiger charge is -2.33. The highest BCUT2D eigenvalue weighted by atomic mass is 32.2. The average Bonchev–Trinajstić information content (AvgIpc) is 3.09. The number of nitrogens with one attached hydrogen (secondary N) is 1. The molecule has 2 aliphatic rings. The van der Waals surface area contributed by atoms with Crippen molar-refractivity contribution in [2.75, 3.05) is 26.7 Å². The van der Waals surface area contributed by atoms with E-state index in [9.17, 15) is 18.0 Å². The summed E-state index contributed by atoms with van der Waals surface area (Å²) in [5.74, 6) is -0.384. The standard InChI is InChI=1S/C19H27N3O4S/c1-14(15-6-4-3-5-7-15)22-13-16(12-18(22)23)19(24)21-10-8-17(9-11-21)27(25,26)20-2/h3-7,14,16-17,20H,8-13H2,1-2H3. The molecule has 2 fully saturated rings. The monoisotopic (exact) mass is 393 g/mol. The van der Waals surface area contributed by atoms with Crippen LogP contribution in [0.5, 0.6) is 0 Å². The highest BCUT2D eigenvalue weighted by Gasteiger charge is 2.40. The van der Waals surface area contributed by atoms with Crippen LogP contribution in [0.4, 0.5) is 0 Å². The van der Waals surface area contributed by atoms with Crippen molar-refractivity contribution in [1.29, 1.82) is 0 Å². The average molecular weight is 394 g/mol. The van der Waals surface area contributed by atoms with Crippen LogP contribution < -0.4 is 4.72 Å². The Labute approximate surface area is 160 Å². The van der Waals surface area contributed by atoms with E-state index in [0.717, 1.165) is 5.56 Å². The molecule has 2 aliphatic heterocycles. The summed E-state index contributed by atoms with van der Waals surface area (Å²) in [5, 5.41) is -0.452. The van der Waals surface area contributed by atoms with E-state index in [1.165, 1.54) is 7.05 Å². The Bertz CT molecular complexity index is 788. The molecule has 2 unspecified atom stereocenters. The smallest absolute Gasteiger partial charge is 0.227 e. The molecule has 0 aromatic heterocycles. The normalized spacial score (nSPS) is 22.9. The van der Waals surface area contributed by atoms with Gasteiger partial charge in [-0.05, 0) is 32.4 Å². The minimum absolute atomic E-state index is 0.00245. The second kappa shape index (κ2) is 7.98. The largest absolute Gasteiger partial charge is 0.342 e. The summed E-state index contributed by atoms with van der Waals surface area (Å²) in [6, 6.07) is 9.73. The van der Waals surface area contributed by atoms with Crippen LogP contribution in [-0.2, 0) is 19.6 Å². The van der Waals surface area contributed by atoms with Gasteiger partial charge in [-0.25, -0.2) is 13.1 Å². The Morgan fingerprint density at radius 3 is 2.41 bits per heavy atom. The number of hydrogen-bond acceptors (Lipinski definition) is 4. The molecule has 0 radical (unpaired) electrons. The summed E-state index contributed by atoms with van der Waals surface area (Å²) in [6.07, 6.45) is 1.09. The van der Waals surface area contributed by atoms with Crippen molar-refractivity contribution in [3.63, 3.8) is 0 Å². The lowest BCUT2D eigenvalue weighted by molar-refractivity contribution is -0.136. The molecule has 1 N–H and O–H groups in total. The molecule has 1 aromatic carbocycles. The van der Waals surface area contributed by atoms with Gasteiger partial charge in [0.25, 0.3) is 0 Å². The SMILES string of the molecule is CNS(=O)(=O)C1CCN(C(=O)C2CC(=O)N(C(C)c3ccccc3)C2)CC1. The first-order valence-electron chi connectivity index (χ1n) is 9.39. The van der Waals surface area contributed by atoms with Crippen LogP contribution in [0.15, 0.2) is 30.3 Å². The number of carbonyl (C=O) groups is 2. The minimum Gasteiger partial charge on any atom is -0.342 e. The van der Waals surface area contributed by atoms with Gasteiger partial charge >= 0.3 is 0 Å². The molecule has 2 heterocycles. The summed E-state index contributed by atoms with van der Waals surface area (Å²) < 4.78 is 26.2. The molecule has 0 spiro atoms. The summed E-state index contributed by atoms with van der Waals surface area (Å²) in [5.41, 5.74) is 1.05. The maximum atomic E-state index is 12.9. The second-order valence-electron chi connectivity index (χ2n) is 7.31. The zero-order valence-electron chi connectivity index (χ0n) is 15.8. The topological polar surface area (TPSA) is 86.8 Å². The van der Waals surface area contributed by atoms with Crippen molar-refractivity contribution < 1.29 is 18.0 Å². The number of rotatable bonds is 5. The Morgan fingerprint density at radius 1 is 1.19 bits per heavy atom. The number of benzene rings is 1. The van der Waals surface area contributed by atoms with Gasteiger partial charge in [-0.2, -0.15) is 0 Å². The van der Waals surface area contributed by atoms with Crippen molar-refractivity contribution in [3.05, 3.63) is 35.9 Å². The van der Waals surface area contributed by atoms with Gasteiger partial charge in [-0.1, -0.05) is 30.3 Å². The molecule has 27 heavy (non-hydrogen) atoms. The highest BCUT2D eigenvalue weighted by molar-refractivity contribution is 7.90. The van der Waals surface area contributed by atoms with E-state index >= 15 is 0 Å². The summed E-state index contributed by atoms with van der Waals surface area (Å²) >= 11 is 0. The molecule has 1 aromatic rings. The number of hydrogen-bond donors (Lipinski definition) is 1. The third kappa shape index (κ3) is 4.16. The van der Waals surface area contributed by atoms with E-state index in [0.29, 0.717) is 32.5 Å². The molecule has 0 aliphatic carbocycles. The maximum absolute atomic E-state index is 12.9. The van der Waals surface area contributed by atoms with E-state index in [4.69, 9.17) is 0 Å². The van der Waals surface area contributed by atoms with Crippen LogP contribution >= 0.6 is 0 Å². The lowest BCUT2D eigenvalue weighted by atomic mass is 10.0. The van der Waals surface area contributed by atoms with E-state index in [1.807, 2.05) is 37.3 Å². The Morgan fingerprint density at radius 2 is 1.81 bits per heavy atom. The number of carbonyl (C=O) groups excluding carboxylic acids is 2. The fraction of sp³-hybridized carbons (Fsp3) is 0.579. The highest BCUT2D eigenvalue weighted by Crippen LogP contribution is 2.30. The van der Waals surface area contributed by atoms with Crippen molar-refractivity contribution in [3.8, 4) is 0 Å². The maximum Gasteiger partial charge on any atom is 0.227 e. The summed E-state index contributed by atoms with van der Waals surface area (Å²) in [7, 11) is -1.88. The molecule has 0 saturated carbocycles. The first-order chi connectivity index (χ1) is 12.8. The van der Waals surface area contributed by atoms with Crippen molar-refractivity contribution >= 4 is 21.8 Å². The van der Waals surface area contributed by atoms with Crippen molar-refractivity contribution in [2.45, 2.75) is 37.5 Å². The van der Waals surface area contributed by atoms with E-state index in [2.05, 4.69) is 4.72 Å². The predicted octanol–water partition coefficient (Wildman–Crippen LogP) is 1.14. The van der Waals surface area contributed by atoms with Crippen molar-refractivity contribution in [2.24, 2.45) is 5.92 Å². The molecule has 2 atom stereocenters. The Hall–Kier alpha value is -1.93. The van der Waals surface area contributed by atoms with E-state index < -0.39 is 15.3 Å². The van der Waals surface area contributed by atoms with Crippen LogP contribution in [0.3, 0.4) is 0 Å². The number of sulfonamides is 1. The quantitative estimate of drug-likeness (QED) is 0.813. The summed E-state index contributed by atoms with van der Waals surface area (Å²) in [4.78, 5) is 28.8. The van der Waals surface area contributed by atoms with Crippen LogP contribution in [0, 0.1) is 5.92 Å². The first-order valence-corrected chi connectivity index (χ1v) is 10.9. The third-order valence-corrected chi connectivity index (χ3v) is 7.65. The number of piperidine rings is 1. The fourth-order valence-electron chi connectivity index (χ4n) is 3.99. The number of nitrogens with zero attached hydrogens (tertiary/aromatic N) is 2. The van der Waals surface area contributed by atoms with Gasteiger partial charge in [-0.3, -0.25) is 9.59 Å². The van der Waals surface area contributed by atoms with E-state index in [-0.39, 0.29) is 30.2 Å². The van der Waals surface area contributed by atoms with Crippen molar-refractivity contribution in [1.82, 2.24) is 14.5 Å². The molecule has 7 nitrogen and oxygen atoms in total. The van der Waals surface area contributed by atoms with Gasteiger partial charge in [-0.15, -0.1) is 0 Å². The van der Waals surface area contributed by atoms with Gasteiger partial charge in [0.15, 0.2) is 0 Å². The van der Waals surface area contributed by atoms with Gasteiger partial charge in [0.05, 0.1) is 17.2 Å². The van der Waals surface area contributed by atoms with Crippen LogP contribution in [0.2, 0.25) is 0 Å². The molecule has 3 rings (SSSR count). The van der Waals surface area contributed by atoms with Gasteiger partial charge < -0.3 is 9.80 Å². The molecular formula is C19H27N3O4S. The predicted molar refractivity (Wildman–Crippen MR) is 102 cm³/mol. The summed E-state index contributed by atoms with van der Waals surface area (Å²) in [6.45, 7) is 3.24. The van der Waals surface area contributed by atoms with E-state index in [1.54, 1.807) is 9.80 Å². The molecule has 2 amide bonds. The second-order valence-corrected chi connectivity index (χ2v) is 9.47. The lowest BCUT2D eigenvalue weighted by Crippen LogP contribution is -2.47. The number of amides is 2. The molecule has 0 bridgehead atoms. The van der Waals surface area contributed by atoms with Crippen LogP contribution in [-0.4, -0.2) is 62.0 Å². The zero-order chi connectivity index (χ0) is 19.6. The van der Waals surface area contributed by atoms with Gasteiger partial charge in [0.2, 0.25) is 21.8 Å². The molecular weight excluding hydrogens is 366 g/mol. The zero-order valence-corrected chi connectivity index (χ0v) is 16.6.